The highest BCUT2D eigenvalue weighted by molar-refractivity contribution is 14.0. The molecular formula is C16H31IN4O3. The van der Waals surface area contributed by atoms with Gasteiger partial charge in [0.1, 0.15) is 0 Å². The lowest BCUT2D eigenvalue weighted by molar-refractivity contribution is -0.146. The first-order valence-corrected chi connectivity index (χ1v) is 8.55. The number of ether oxygens (including phenoxy) is 2. The van der Waals surface area contributed by atoms with E-state index in [-0.39, 0.29) is 42.0 Å². The van der Waals surface area contributed by atoms with Gasteiger partial charge in [-0.25, -0.2) is 0 Å². The second kappa shape index (κ2) is 11.1. The summed E-state index contributed by atoms with van der Waals surface area (Å²) in [5.74, 6) is 0.854. The normalized spacial score (nSPS) is 23.5. The maximum absolute atomic E-state index is 11.6. The Morgan fingerprint density at radius 2 is 2.04 bits per heavy atom. The van der Waals surface area contributed by atoms with Gasteiger partial charge in [-0.1, -0.05) is 0 Å². The van der Waals surface area contributed by atoms with E-state index >= 15 is 0 Å². The lowest BCUT2D eigenvalue weighted by Gasteiger charge is -2.34. The van der Waals surface area contributed by atoms with Gasteiger partial charge in [0.25, 0.3) is 0 Å². The largest absolute Gasteiger partial charge is 0.469 e. The summed E-state index contributed by atoms with van der Waals surface area (Å²) in [5, 5.41) is 3.35. The Bertz CT molecular complexity index is 414. The molecule has 0 spiro atoms. The Kier molecular flexibility index (Phi) is 9.91. The van der Waals surface area contributed by atoms with Crippen molar-refractivity contribution in [3.8, 4) is 0 Å². The number of carbonyl (C=O) groups is 1. The molecule has 140 valence electrons. The minimum atomic E-state index is -0.0924. The third-order valence-corrected chi connectivity index (χ3v) is 4.45. The molecule has 2 fully saturated rings. The van der Waals surface area contributed by atoms with Crippen LogP contribution in [-0.4, -0.2) is 87.9 Å². The van der Waals surface area contributed by atoms with Crippen LogP contribution in [0.15, 0.2) is 4.99 Å². The molecule has 2 aliphatic rings. The van der Waals surface area contributed by atoms with Gasteiger partial charge in [0.05, 0.1) is 32.3 Å². The quantitative estimate of drug-likeness (QED) is 0.293. The van der Waals surface area contributed by atoms with Crippen LogP contribution in [0.25, 0.3) is 0 Å². The van der Waals surface area contributed by atoms with E-state index in [4.69, 9.17) is 14.5 Å². The first-order valence-electron chi connectivity index (χ1n) is 8.55. The Morgan fingerprint density at radius 3 is 2.62 bits per heavy atom. The fourth-order valence-electron chi connectivity index (χ4n) is 3.09. The molecule has 0 amide bonds. The van der Waals surface area contributed by atoms with Crippen LogP contribution in [0.2, 0.25) is 0 Å². The molecule has 7 nitrogen and oxygen atoms in total. The maximum atomic E-state index is 11.6. The summed E-state index contributed by atoms with van der Waals surface area (Å²) in [5.41, 5.74) is 0. The number of nitrogens with one attached hydrogen (secondary N) is 1. The number of likely N-dealkylation sites (tertiary alicyclic amines) is 1. The van der Waals surface area contributed by atoms with Crippen molar-refractivity contribution in [3.63, 3.8) is 0 Å². The molecule has 1 unspecified atom stereocenters. The maximum Gasteiger partial charge on any atom is 0.308 e. The van der Waals surface area contributed by atoms with Crippen LogP contribution in [0.3, 0.4) is 0 Å². The molecule has 8 heteroatoms. The Morgan fingerprint density at radius 1 is 1.33 bits per heavy atom. The zero-order chi connectivity index (χ0) is 16.7. The van der Waals surface area contributed by atoms with Crippen LogP contribution in [0.5, 0.6) is 0 Å². The Balaban J connectivity index is 0.00000288. The molecule has 0 aromatic carbocycles. The van der Waals surface area contributed by atoms with E-state index in [0.29, 0.717) is 6.54 Å². The summed E-state index contributed by atoms with van der Waals surface area (Å²) in [6.45, 7) is 7.92. The summed E-state index contributed by atoms with van der Waals surface area (Å²) in [7, 11) is 3.57. The number of likely N-dealkylation sites (N-methyl/N-ethyl adjacent to an activating group) is 1. The van der Waals surface area contributed by atoms with Crippen molar-refractivity contribution in [2.45, 2.75) is 25.9 Å². The number of rotatable bonds is 4. The fraction of sp³-hybridized carbons (Fsp3) is 0.875. The molecule has 0 bridgehead atoms. The van der Waals surface area contributed by atoms with Gasteiger partial charge in [-0.15, -0.1) is 24.0 Å². The molecule has 0 aliphatic carbocycles. The number of aliphatic imine (C=N–C) groups is 1. The Labute approximate surface area is 162 Å². The summed E-state index contributed by atoms with van der Waals surface area (Å²) < 4.78 is 10.6. The summed E-state index contributed by atoms with van der Waals surface area (Å²) in [6.07, 6.45) is 1.80. The lowest BCUT2D eigenvalue weighted by atomic mass is 9.97. The topological polar surface area (TPSA) is 66.4 Å². The molecule has 1 N–H and O–H groups in total. The molecule has 1 atom stereocenters. The number of methoxy groups -OCH3 is 1. The monoisotopic (exact) mass is 454 g/mol. The van der Waals surface area contributed by atoms with E-state index in [1.807, 2.05) is 0 Å². The van der Waals surface area contributed by atoms with Crippen molar-refractivity contribution in [2.24, 2.45) is 10.9 Å². The highest BCUT2D eigenvalue weighted by atomic mass is 127. The molecule has 0 aromatic rings. The fourth-order valence-corrected chi connectivity index (χ4v) is 3.09. The van der Waals surface area contributed by atoms with Gasteiger partial charge < -0.3 is 24.6 Å². The molecule has 2 aliphatic heterocycles. The zero-order valence-corrected chi connectivity index (χ0v) is 17.3. The van der Waals surface area contributed by atoms with Gasteiger partial charge in [0.2, 0.25) is 0 Å². The van der Waals surface area contributed by atoms with Crippen molar-refractivity contribution in [2.75, 3.05) is 60.0 Å². The van der Waals surface area contributed by atoms with Crippen LogP contribution >= 0.6 is 24.0 Å². The number of hydrogen-bond acceptors (Lipinski definition) is 5. The number of hydrogen-bond donors (Lipinski definition) is 1. The van der Waals surface area contributed by atoms with Gasteiger partial charge in [0, 0.05) is 32.7 Å². The standard InChI is InChI=1S/C16H30N4O3.HI/c1-4-17-16(18-11-14-12-19(2)9-10-23-14)20-7-5-13(6-8-20)15(21)22-3;/h13-14H,4-12H2,1-3H3,(H,17,18);1H. The lowest BCUT2D eigenvalue weighted by Crippen LogP contribution is -2.47. The second-order valence-corrected chi connectivity index (χ2v) is 6.23. The van der Waals surface area contributed by atoms with Crippen LogP contribution in [-0.2, 0) is 14.3 Å². The van der Waals surface area contributed by atoms with Gasteiger partial charge in [-0.05, 0) is 26.8 Å². The van der Waals surface area contributed by atoms with Crippen LogP contribution in [0.4, 0.5) is 0 Å². The third-order valence-electron chi connectivity index (χ3n) is 4.45. The highest BCUT2D eigenvalue weighted by Crippen LogP contribution is 2.18. The number of piperidine rings is 1. The first-order chi connectivity index (χ1) is 11.1. The molecule has 2 rings (SSSR count). The van der Waals surface area contributed by atoms with E-state index in [0.717, 1.165) is 58.1 Å². The van der Waals surface area contributed by atoms with E-state index < -0.39 is 0 Å². The minimum absolute atomic E-state index is 0. The summed E-state index contributed by atoms with van der Waals surface area (Å²) in [6, 6.07) is 0. The van der Waals surface area contributed by atoms with E-state index in [1.54, 1.807) is 0 Å². The molecular weight excluding hydrogens is 423 g/mol. The predicted octanol–water partition coefficient (Wildman–Crippen LogP) is 0.786. The smallest absolute Gasteiger partial charge is 0.308 e. The SMILES string of the molecule is CCNC(=NCC1CN(C)CCO1)N1CCC(C(=O)OC)CC1.I. The van der Waals surface area contributed by atoms with Crippen LogP contribution in [0, 0.1) is 5.92 Å². The van der Waals surface area contributed by atoms with Crippen molar-refractivity contribution >= 4 is 35.9 Å². The van der Waals surface area contributed by atoms with E-state index in [2.05, 4.69) is 29.1 Å². The average molecular weight is 454 g/mol. The van der Waals surface area contributed by atoms with Gasteiger partial charge >= 0.3 is 5.97 Å². The average Bonchev–Trinajstić information content (AvgIpc) is 2.58. The number of esters is 1. The van der Waals surface area contributed by atoms with Gasteiger partial charge in [0.15, 0.2) is 5.96 Å². The molecule has 2 heterocycles. The third kappa shape index (κ3) is 6.36. The molecule has 0 aromatic heterocycles. The zero-order valence-electron chi connectivity index (χ0n) is 15.0. The number of morpholine rings is 1. The summed E-state index contributed by atoms with van der Waals surface area (Å²) >= 11 is 0. The number of halogens is 1. The van der Waals surface area contributed by atoms with Crippen LogP contribution < -0.4 is 5.32 Å². The van der Waals surface area contributed by atoms with Gasteiger partial charge in [-0.2, -0.15) is 0 Å². The molecule has 0 saturated carbocycles. The van der Waals surface area contributed by atoms with Crippen molar-refractivity contribution < 1.29 is 14.3 Å². The summed E-state index contributed by atoms with van der Waals surface area (Å²) in [4.78, 5) is 20.9. The Hall–Kier alpha value is -0.610. The van der Waals surface area contributed by atoms with E-state index in [1.165, 1.54) is 7.11 Å². The van der Waals surface area contributed by atoms with Crippen LogP contribution in [0.1, 0.15) is 19.8 Å². The number of carbonyl (C=O) groups excluding carboxylic acids is 1. The first kappa shape index (κ1) is 21.4. The molecule has 2 saturated heterocycles. The molecule has 24 heavy (non-hydrogen) atoms. The second-order valence-electron chi connectivity index (χ2n) is 6.23. The molecule has 0 radical (unpaired) electrons. The van der Waals surface area contributed by atoms with Crippen molar-refractivity contribution in [3.05, 3.63) is 0 Å². The highest BCUT2D eigenvalue weighted by Gasteiger charge is 2.27. The van der Waals surface area contributed by atoms with Crippen molar-refractivity contribution in [1.29, 1.82) is 0 Å². The minimum Gasteiger partial charge on any atom is -0.469 e. The number of guanidine groups is 1. The number of nitrogens with zero attached hydrogens (tertiary/aromatic N) is 3. The predicted molar refractivity (Wildman–Crippen MR) is 105 cm³/mol. The van der Waals surface area contributed by atoms with E-state index in [9.17, 15) is 4.79 Å². The van der Waals surface area contributed by atoms with Gasteiger partial charge in [-0.3, -0.25) is 9.79 Å². The van der Waals surface area contributed by atoms with Crippen molar-refractivity contribution in [1.82, 2.24) is 15.1 Å².